The largest absolute Gasteiger partial charge is 0.496 e. The van der Waals surface area contributed by atoms with Gasteiger partial charge in [-0.2, -0.15) is 0 Å². The fourth-order valence-corrected chi connectivity index (χ4v) is 4.85. The third-order valence-corrected chi connectivity index (χ3v) is 5.90. The van der Waals surface area contributed by atoms with Crippen LogP contribution in [0.2, 0.25) is 0 Å². The van der Waals surface area contributed by atoms with E-state index in [-0.39, 0.29) is 6.04 Å². The van der Waals surface area contributed by atoms with Gasteiger partial charge in [0.15, 0.2) is 5.96 Å². The first-order valence-electron chi connectivity index (χ1n) is 10.5. The Hall–Kier alpha value is -1.84. The lowest BCUT2D eigenvalue weighted by molar-refractivity contribution is 0.239. The number of ether oxygens (including phenoxy) is 1. The van der Waals surface area contributed by atoms with Crippen LogP contribution in [-0.4, -0.2) is 70.9 Å². The van der Waals surface area contributed by atoms with Crippen molar-refractivity contribution in [1.82, 2.24) is 20.3 Å². The van der Waals surface area contributed by atoms with E-state index in [0.29, 0.717) is 19.0 Å². The van der Waals surface area contributed by atoms with E-state index in [2.05, 4.69) is 31.3 Å². The Morgan fingerprint density at radius 2 is 1.90 bits per heavy atom. The monoisotopic (exact) mass is 439 g/mol. The van der Waals surface area contributed by atoms with Gasteiger partial charge in [0.2, 0.25) is 10.0 Å². The molecule has 1 fully saturated rings. The zero-order valence-electron chi connectivity index (χ0n) is 18.9. The highest BCUT2D eigenvalue weighted by Gasteiger charge is 2.26. The smallest absolute Gasteiger partial charge is 0.209 e. The number of likely N-dealkylation sites (tertiary alicyclic amines) is 1. The van der Waals surface area contributed by atoms with E-state index in [9.17, 15) is 8.42 Å². The topological polar surface area (TPSA) is 95.1 Å². The molecule has 0 radical (unpaired) electrons. The van der Waals surface area contributed by atoms with Crippen LogP contribution in [0, 0.1) is 0 Å². The van der Waals surface area contributed by atoms with Crippen molar-refractivity contribution in [3.05, 3.63) is 29.8 Å². The highest BCUT2D eigenvalue weighted by Crippen LogP contribution is 2.31. The molecule has 1 saturated heterocycles. The Morgan fingerprint density at radius 1 is 1.23 bits per heavy atom. The number of guanidine groups is 1. The molecule has 1 aliphatic rings. The summed E-state index contributed by atoms with van der Waals surface area (Å²) in [6.45, 7) is 9.48. The van der Waals surface area contributed by atoms with Gasteiger partial charge in [-0.05, 0) is 52.8 Å². The minimum atomic E-state index is -3.30. The first-order valence-corrected chi connectivity index (χ1v) is 12.4. The molecule has 0 spiro atoms. The van der Waals surface area contributed by atoms with Gasteiger partial charge in [-0.25, -0.2) is 13.1 Å². The summed E-state index contributed by atoms with van der Waals surface area (Å²) in [6.07, 6.45) is 3.56. The molecule has 8 nitrogen and oxygen atoms in total. The van der Waals surface area contributed by atoms with E-state index in [1.54, 1.807) is 7.11 Å². The minimum absolute atomic E-state index is 0.162. The normalized spacial score (nSPS) is 17.0. The molecular formula is C21H37N5O3S. The van der Waals surface area contributed by atoms with Crippen LogP contribution in [0.4, 0.5) is 0 Å². The van der Waals surface area contributed by atoms with Crippen molar-refractivity contribution in [3.63, 3.8) is 0 Å². The summed E-state index contributed by atoms with van der Waals surface area (Å²) in [5.74, 6) is 1.55. The van der Waals surface area contributed by atoms with Crippen molar-refractivity contribution in [2.24, 2.45) is 4.99 Å². The molecule has 0 bridgehead atoms. The van der Waals surface area contributed by atoms with Crippen molar-refractivity contribution >= 4 is 16.0 Å². The number of rotatable bonds is 10. The number of benzene rings is 1. The maximum atomic E-state index is 11.6. The summed E-state index contributed by atoms with van der Waals surface area (Å²) in [6, 6.07) is 8.30. The summed E-state index contributed by atoms with van der Waals surface area (Å²) >= 11 is 0. The lowest BCUT2D eigenvalue weighted by Crippen LogP contribution is -2.47. The fraction of sp³-hybridized carbons (Fsp3) is 0.667. The van der Waals surface area contributed by atoms with Gasteiger partial charge < -0.3 is 15.4 Å². The summed E-state index contributed by atoms with van der Waals surface area (Å²) in [7, 11) is -1.60. The minimum Gasteiger partial charge on any atom is -0.496 e. The van der Waals surface area contributed by atoms with Gasteiger partial charge in [-0.1, -0.05) is 18.2 Å². The molecular weight excluding hydrogens is 402 g/mol. The van der Waals surface area contributed by atoms with Crippen molar-refractivity contribution in [3.8, 4) is 5.75 Å². The first-order chi connectivity index (χ1) is 14.1. The Balaban J connectivity index is 2.15. The van der Waals surface area contributed by atoms with E-state index in [4.69, 9.17) is 4.74 Å². The molecule has 1 unspecified atom stereocenters. The predicted molar refractivity (Wildman–Crippen MR) is 123 cm³/mol. The van der Waals surface area contributed by atoms with Gasteiger partial charge >= 0.3 is 0 Å². The van der Waals surface area contributed by atoms with E-state index in [0.717, 1.165) is 37.2 Å². The number of aliphatic imine (C=N–C) groups is 1. The Kier molecular flexibility index (Phi) is 8.93. The fourth-order valence-electron chi connectivity index (χ4n) is 3.78. The van der Waals surface area contributed by atoms with E-state index >= 15 is 0 Å². The number of nitrogens with one attached hydrogen (secondary N) is 3. The van der Waals surface area contributed by atoms with Gasteiger partial charge in [-0.3, -0.25) is 9.89 Å². The van der Waals surface area contributed by atoms with Gasteiger partial charge in [-0.15, -0.1) is 0 Å². The quantitative estimate of drug-likeness (QED) is 0.380. The number of para-hydroxylation sites is 1. The molecule has 2 rings (SSSR count). The second-order valence-corrected chi connectivity index (χ2v) is 10.1. The van der Waals surface area contributed by atoms with E-state index in [1.165, 1.54) is 12.8 Å². The lowest BCUT2D eigenvalue weighted by atomic mass is 10.0. The van der Waals surface area contributed by atoms with Crippen LogP contribution in [-0.2, 0) is 10.0 Å². The molecule has 0 amide bonds. The molecule has 170 valence electrons. The second kappa shape index (κ2) is 11.0. The molecule has 1 aliphatic heterocycles. The number of methoxy groups -OCH3 is 1. The van der Waals surface area contributed by atoms with Crippen LogP contribution in [0.3, 0.4) is 0 Å². The lowest BCUT2D eigenvalue weighted by Gasteiger charge is -2.30. The van der Waals surface area contributed by atoms with Crippen LogP contribution in [0.1, 0.15) is 45.2 Å². The van der Waals surface area contributed by atoms with Crippen molar-refractivity contribution < 1.29 is 13.2 Å². The summed E-state index contributed by atoms with van der Waals surface area (Å²) in [5.41, 5.74) is 0.483. The Morgan fingerprint density at radius 3 is 2.50 bits per heavy atom. The molecule has 0 aliphatic carbocycles. The second-order valence-electron chi connectivity index (χ2n) is 8.34. The number of nitrogens with zero attached hydrogens (tertiary/aromatic N) is 2. The van der Waals surface area contributed by atoms with E-state index in [1.807, 2.05) is 39.0 Å². The molecule has 3 N–H and O–H groups in total. The summed E-state index contributed by atoms with van der Waals surface area (Å²) in [5, 5.41) is 6.70. The van der Waals surface area contributed by atoms with Gasteiger partial charge in [0.05, 0.1) is 26.0 Å². The molecule has 1 atom stereocenters. The first kappa shape index (κ1) is 24.4. The SMILES string of the molecule is CCNC(=NCC(C)(C)NS(C)(=O)=O)NCC(c1ccccc1OC)N1CCCC1. The van der Waals surface area contributed by atoms with Gasteiger partial charge in [0.1, 0.15) is 5.75 Å². The van der Waals surface area contributed by atoms with Crippen LogP contribution in [0.5, 0.6) is 5.75 Å². The molecule has 1 heterocycles. The summed E-state index contributed by atoms with van der Waals surface area (Å²) < 4.78 is 31.4. The van der Waals surface area contributed by atoms with Crippen LogP contribution in [0.15, 0.2) is 29.3 Å². The highest BCUT2D eigenvalue weighted by atomic mass is 32.2. The molecule has 1 aromatic carbocycles. The number of sulfonamides is 1. The average molecular weight is 440 g/mol. The van der Waals surface area contributed by atoms with Crippen LogP contribution >= 0.6 is 0 Å². The zero-order chi connectivity index (χ0) is 22.2. The van der Waals surface area contributed by atoms with Crippen LogP contribution < -0.4 is 20.1 Å². The number of hydrogen-bond donors (Lipinski definition) is 3. The Bertz CT molecular complexity index is 805. The third-order valence-electron chi connectivity index (χ3n) is 4.98. The van der Waals surface area contributed by atoms with Crippen molar-refractivity contribution in [2.45, 2.75) is 45.2 Å². The maximum Gasteiger partial charge on any atom is 0.209 e. The van der Waals surface area contributed by atoms with Gasteiger partial charge in [0.25, 0.3) is 0 Å². The number of hydrogen-bond acceptors (Lipinski definition) is 5. The van der Waals surface area contributed by atoms with Crippen molar-refractivity contribution in [1.29, 1.82) is 0 Å². The third kappa shape index (κ3) is 7.77. The molecule has 0 aromatic heterocycles. The maximum absolute atomic E-state index is 11.6. The van der Waals surface area contributed by atoms with Gasteiger partial charge in [0, 0.05) is 24.2 Å². The molecule has 9 heteroatoms. The molecule has 0 saturated carbocycles. The van der Waals surface area contributed by atoms with Crippen LogP contribution in [0.25, 0.3) is 0 Å². The highest BCUT2D eigenvalue weighted by molar-refractivity contribution is 7.88. The Labute approximate surface area is 181 Å². The molecule has 30 heavy (non-hydrogen) atoms. The zero-order valence-corrected chi connectivity index (χ0v) is 19.7. The van der Waals surface area contributed by atoms with Crippen molar-refractivity contribution in [2.75, 3.05) is 46.1 Å². The summed E-state index contributed by atoms with van der Waals surface area (Å²) in [4.78, 5) is 7.10. The van der Waals surface area contributed by atoms with E-state index < -0.39 is 15.6 Å². The average Bonchev–Trinajstić information content (AvgIpc) is 3.19. The predicted octanol–water partition coefficient (Wildman–Crippen LogP) is 1.72. The molecule has 1 aromatic rings. The standard InChI is InChI=1S/C21H37N5O3S/c1-6-22-20(24-16-21(2,3)25-30(5,27)28)23-15-18(26-13-9-10-14-26)17-11-7-8-12-19(17)29-4/h7-8,11-12,18,25H,6,9-10,13-16H2,1-5H3,(H2,22,23,24).